The van der Waals surface area contributed by atoms with Gasteiger partial charge in [0, 0.05) is 24.7 Å². The standard InChI is InChI=1S/C19H19N3O2S/c1-22(12-14-6-4-3-5-7-14)18(23)17-13-25-19(21-17)20-15-8-10-16(24-2)11-9-15/h3-11,13H,12H2,1-2H3,(H,20,21). The van der Waals surface area contributed by atoms with E-state index in [0.717, 1.165) is 17.0 Å². The van der Waals surface area contributed by atoms with Crippen LogP contribution in [0.15, 0.2) is 60.0 Å². The van der Waals surface area contributed by atoms with E-state index in [9.17, 15) is 4.79 Å². The molecule has 0 fully saturated rings. The van der Waals surface area contributed by atoms with Crippen molar-refractivity contribution in [3.63, 3.8) is 0 Å². The van der Waals surface area contributed by atoms with Crippen molar-refractivity contribution < 1.29 is 9.53 Å². The number of carbonyl (C=O) groups is 1. The van der Waals surface area contributed by atoms with Crippen molar-refractivity contribution in [3.8, 4) is 5.75 Å². The Morgan fingerprint density at radius 1 is 1.16 bits per heavy atom. The smallest absolute Gasteiger partial charge is 0.273 e. The zero-order valence-electron chi connectivity index (χ0n) is 14.1. The molecule has 0 atom stereocenters. The fourth-order valence-corrected chi connectivity index (χ4v) is 3.06. The van der Waals surface area contributed by atoms with Crippen LogP contribution >= 0.6 is 11.3 Å². The average Bonchev–Trinajstić information content (AvgIpc) is 3.11. The van der Waals surface area contributed by atoms with Crippen LogP contribution in [0.25, 0.3) is 0 Å². The summed E-state index contributed by atoms with van der Waals surface area (Å²) < 4.78 is 5.14. The number of aromatic nitrogens is 1. The maximum absolute atomic E-state index is 12.5. The molecule has 1 aromatic heterocycles. The molecular formula is C19H19N3O2S. The molecule has 25 heavy (non-hydrogen) atoms. The van der Waals surface area contributed by atoms with E-state index < -0.39 is 0 Å². The number of hydrogen-bond acceptors (Lipinski definition) is 5. The molecule has 0 aliphatic rings. The predicted molar refractivity (Wildman–Crippen MR) is 101 cm³/mol. The molecule has 6 heteroatoms. The first kappa shape index (κ1) is 17.0. The Labute approximate surface area is 150 Å². The highest BCUT2D eigenvalue weighted by atomic mass is 32.1. The Morgan fingerprint density at radius 2 is 1.88 bits per heavy atom. The lowest BCUT2D eigenvalue weighted by Crippen LogP contribution is -2.26. The number of carbonyl (C=O) groups excluding carboxylic acids is 1. The van der Waals surface area contributed by atoms with E-state index in [-0.39, 0.29) is 5.91 Å². The minimum absolute atomic E-state index is 0.0946. The third-order valence-electron chi connectivity index (χ3n) is 3.67. The van der Waals surface area contributed by atoms with Crippen molar-refractivity contribution in [1.82, 2.24) is 9.88 Å². The Bertz CT molecular complexity index is 831. The Balaban J connectivity index is 1.64. The number of methoxy groups -OCH3 is 1. The van der Waals surface area contributed by atoms with Crippen LogP contribution in [0.3, 0.4) is 0 Å². The zero-order chi connectivity index (χ0) is 17.6. The normalized spacial score (nSPS) is 10.3. The van der Waals surface area contributed by atoms with Crippen molar-refractivity contribution >= 4 is 28.1 Å². The molecule has 0 radical (unpaired) electrons. The van der Waals surface area contributed by atoms with E-state index in [4.69, 9.17) is 4.74 Å². The second kappa shape index (κ2) is 7.81. The van der Waals surface area contributed by atoms with Gasteiger partial charge < -0.3 is 15.0 Å². The minimum atomic E-state index is -0.0946. The van der Waals surface area contributed by atoms with Gasteiger partial charge in [-0.1, -0.05) is 30.3 Å². The molecule has 0 spiro atoms. The van der Waals surface area contributed by atoms with Gasteiger partial charge in [-0.3, -0.25) is 4.79 Å². The molecule has 0 saturated carbocycles. The average molecular weight is 353 g/mol. The van der Waals surface area contributed by atoms with Gasteiger partial charge in [-0.2, -0.15) is 0 Å². The van der Waals surface area contributed by atoms with Gasteiger partial charge in [0.1, 0.15) is 11.4 Å². The lowest BCUT2D eigenvalue weighted by Gasteiger charge is -2.15. The summed E-state index contributed by atoms with van der Waals surface area (Å²) in [5, 5.41) is 5.66. The number of hydrogen-bond donors (Lipinski definition) is 1. The summed E-state index contributed by atoms with van der Waals surface area (Å²) in [7, 11) is 3.42. The summed E-state index contributed by atoms with van der Waals surface area (Å²) in [4.78, 5) is 18.6. The first-order valence-electron chi connectivity index (χ1n) is 7.81. The summed E-state index contributed by atoms with van der Waals surface area (Å²) in [5.41, 5.74) is 2.43. The monoisotopic (exact) mass is 353 g/mol. The van der Waals surface area contributed by atoms with Crippen molar-refractivity contribution in [2.45, 2.75) is 6.54 Å². The van der Waals surface area contributed by atoms with E-state index >= 15 is 0 Å². The maximum Gasteiger partial charge on any atom is 0.273 e. The van der Waals surface area contributed by atoms with Crippen LogP contribution in [-0.4, -0.2) is 29.9 Å². The molecule has 0 unspecified atom stereocenters. The highest BCUT2D eigenvalue weighted by molar-refractivity contribution is 7.14. The number of nitrogens with one attached hydrogen (secondary N) is 1. The third-order valence-corrected chi connectivity index (χ3v) is 4.43. The molecule has 0 saturated heterocycles. The zero-order valence-corrected chi connectivity index (χ0v) is 14.9. The van der Waals surface area contributed by atoms with Crippen LogP contribution in [0, 0.1) is 0 Å². The van der Waals surface area contributed by atoms with Crippen LogP contribution in [-0.2, 0) is 6.54 Å². The molecule has 1 heterocycles. The Kier molecular flexibility index (Phi) is 5.30. The first-order valence-corrected chi connectivity index (χ1v) is 8.69. The van der Waals surface area contributed by atoms with Crippen molar-refractivity contribution in [2.24, 2.45) is 0 Å². The molecule has 3 aromatic rings. The van der Waals surface area contributed by atoms with Gasteiger partial charge in [-0.25, -0.2) is 4.98 Å². The van der Waals surface area contributed by atoms with E-state index in [1.165, 1.54) is 11.3 Å². The molecule has 1 amide bonds. The van der Waals surface area contributed by atoms with Gasteiger partial charge in [0.25, 0.3) is 5.91 Å². The summed E-state index contributed by atoms with van der Waals surface area (Å²) in [6.07, 6.45) is 0. The number of benzene rings is 2. The van der Waals surface area contributed by atoms with Crippen LogP contribution in [0.5, 0.6) is 5.75 Å². The topological polar surface area (TPSA) is 54.5 Å². The third kappa shape index (κ3) is 4.36. The Hall–Kier alpha value is -2.86. The van der Waals surface area contributed by atoms with Crippen molar-refractivity contribution in [1.29, 1.82) is 0 Å². The van der Waals surface area contributed by atoms with E-state index in [0.29, 0.717) is 17.4 Å². The number of nitrogens with zero attached hydrogens (tertiary/aromatic N) is 2. The van der Waals surface area contributed by atoms with Gasteiger partial charge in [-0.05, 0) is 29.8 Å². The number of ether oxygens (including phenoxy) is 1. The number of anilines is 2. The molecule has 0 aliphatic heterocycles. The lowest BCUT2D eigenvalue weighted by molar-refractivity contribution is 0.0780. The SMILES string of the molecule is COc1ccc(Nc2nc(C(=O)N(C)Cc3ccccc3)cs2)cc1. The van der Waals surface area contributed by atoms with Gasteiger partial charge in [0.2, 0.25) is 0 Å². The largest absolute Gasteiger partial charge is 0.497 e. The lowest BCUT2D eigenvalue weighted by atomic mass is 10.2. The molecule has 0 bridgehead atoms. The van der Waals surface area contributed by atoms with Crippen LogP contribution in [0.2, 0.25) is 0 Å². The minimum Gasteiger partial charge on any atom is -0.497 e. The summed E-state index contributed by atoms with van der Waals surface area (Å²) in [6.45, 7) is 0.554. The van der Waals surface area contributed by atoms with Gasteiger partial charge in [0.15, 0.2) is 5.13 Å². The highest BCUT2D eigenvalue weighted by Gasteiger charge is 2.16. The second-order valence-electron chi connectivity index (χ2n) is 5.54. The highest BCUT2D eigenvalue weighted by Crippen LogP contribution is 2.23. The number of rotatable bonds is 6. The molecule has 128 valence electrons. The molecular weight excluding hydrogens is 334 g/mol. The molecule has 3 rings (SSSR count). The van der Waals surface area contributed by atoms with Crippen molar-refractivity contribution in [2.75, 3.05) is 19.5 Å². The molecule has 0 aliphatic carbocycles. The molecule has 5 nitrogen and oxygen atoms in total. The second-order valence-corrected chi connectivity index (χ2v) is 6.40. The van der Waals surface area contributed by atoms with E-state index in [2.05, 4.69) is 10.3 Å². The van der Waals surface area contributed by atoms with Crippen LogP contribution < -0.4 is 10.1 Å². The van der Waals surface area contributed by atoms with E-state index in [1.54, 1.807) is 24.4 Å². The fourth-order valence-electron chi connectivity index (χ4n) is 2.35. The van der Waals surface area contributed by atoms with Gasteiger partial charge in [0.05, 0.1) is 7.11 Å². The van der Waals surface area contributed by atoms with E-state index in [1.807, 2.05) is 54.6 Å². The summed E-state index contributed by atoms with van der Waals surface area (Å²) in [6, 6.07) is 17.4. The first-order chi connectivity index (χ1) is 12.2. The molecule has 2 aromatic carbocycles. The van der Waals surface area contributed by atoms with Gasteiger partial charge in [-0.15, -0.1) is 11.3 Å². The number of thiazole rings is 1. The Morgan fingerprint density at radius 3 is 2.56 bits per heavy atom. The predicted octanol–water partition coefficient (Wildman–Crippen LogP) is 4.17. The number of amides is 1. The van der Waals surface area contributed by atoms with Crippen LogP contribution in [0.4, 0.5) is 10.8 Å². The molecule has 1 N–H and O–H groups in total. The maximum atomic E-state index is 12.5. The van der Waals surface area contributed by atoms with Gasteiger partial charge >= 0.3 is 0 Å². The summed E-state index contributed by atoms with van der Waals surface area (Å²) >= 11 is 1.41. The summed E-state index contributed by atoms with van der Waals surface area (Å²) in [5.74, 6) is 0.700. The fraction of sp³-hybridized carbons (Fsp3) is 0.158. The van der Waals surface area contributed by atoms with Crippen molar-refractivity contribution in [3.05, 3.63) is 71.2 Å². The quantitative estimate of drug-likeness (QED) is 0.723. The van der Waals surface area contributed by atoms with Crippen LogP contribution in [0.1, 0.15) is 16.1 Å².